The third-order valence-corrected chi connectivity index (χ3v) is 3.35. The first-order valence-corrected chi connectivity index (χ1v) is 7.36. The van der Waals surface area contributed by atoms with E-state index in [0.717, 1.165) is 5.56 Å². The third kappa shape index (κ3) is 4.25. The van der Waals surface area contributed by atoms with Gasteiger partial charge in [-0.15, -0.1) is 0 Å². The van der Waals surface area contributed by atoms with Crippen LogP contribution >= 0.6 is 0 Å². The molecule has 0 saturated carbocycles. The predicted octanol–water partition coefficient (Wildman–Crippen LogP) is 2.89. The molecule has 0 spiro atoms. The van der Waals surface area contributed by atoms with Gasteiger partial charge < -0.3 is 19.9 Å². The highest BCUT2D eigenvalue weighted by atomic mass is 16.5. The second-order valence-corrected chi connectivity index (χ2v) is 5.29. The number of carbonyl (C=O) groups excluding carboxylic acids is 2. The van der Waals surface area contributed by atoms with Crippen molar-refractivity contribution in [3.63, 3.8) is 0 Å². The molecule has 0 saturated heterocycles. The highest BCUT2D eigenvalue weighted by Crippen LogP contribution is 2.25. The number of hydrogen-bond acceptors (Lipinski definition) is 5. The van der Waals surface area contributed by atoms with E-state index in [1.54, 1.807) is 12.1 Å². The molecule has 0 heterocycles. The van der Waals surface area contributed by atoms with Crippen LogP contribution in [0.15, 0.2) is 42.5 Å². The number of hydrogen-bond donors (Lipinski definition) is 2. The summed E-state index contributed by atoms with van der Waals surface area (Å²) in [4.78, 5) is 24.2. The summed E-state index contributed by atoms with van der Waals surface area (Å²) in [6, 6.07) is 11.1. The van der Waals surface area contributed by atoms with E-state index in [4.69, 9.17) is 9.47 Å². The standard InChI is InChI=1S/C18H19NO5/c1-11-7-8-16(23-3)15(9-11)19-17(21)12(2)24-18(22)13-5-4-6-14(20)10-13/h4-10,12,20H,1-3H3,(H,19,21). The van der Waals surface area contributed by atoms with E-state index in [1.807, 2.05) is 13.0 Å². The zero-order chi connectivity index (χ0) is 17.7. The molecule has 0 aliphatic carbocycles. The van der Waals surface area contributed by atoms with Gasteiger partial charge in [-0.25, -0.2) is 4.79 Å². The number of amides is 1. The van der Waals surface area contributed by atoms with Crippen molar-refractivity contribution < 1.29 is 24.2 Å². The fourth-order valence-corrected chi connectivity index (χ4v) is 2.07. The molecule has 126 valence electrons. The fourth-order valence-electron chi connectivity index (χ4n) is 2.07. The van der Waals surface area contributed by atoms with E-state index in [1.165, 1.54) is 38.3 Å². The zero-order valence-electron chi connectivity index (χ0n) is 13.7. The number of nitrogens with one attached hydrogen (secondary N) is 1. The number of methoxy groups -OCH3 is 1. The highest BCUT2D eigenvalue weighted by molar-refractivity contribution is 5.98. The van der Waals surface area contributed by atoms with Crippen LogP contribution in [-0.2, 0) is 9.53 Å². The van der Waals surface area contributed by atoms with Gasteiger partial charge >= 0.3 is 5.97 Å². The van der Waals surface area contributed by atoms with Crippen LogP contribution in [0.3, 0.4) is 0 Å². The SMILES string of the molecule is COc1ccc(C)cc1NC(=O)C(C)OC(=O)c1cccc(O)c1. The second-order valence-electron chi connectivity index (χ2n) is 5.29. The maximum atomic E-state index is 12.2. The number of benzene rings is 2. The first-order chi connectivity index (χ1) is 11.4. The van der Waals surface area contributed by atoms with E-state index in [-0.39, 0.29) is 11.3 Å². The Morgan fingerprint density at radius 2 is 1.92 bits per heavy atom. The topological polar surface area (TPSA) is 84.9 Å². The number of carbonyl (C=O) groups is 2. The van der Waals surface area contributed by atoms with Crippen LogP contribution < -0.4 is 10.1 Å². The molecule has 1 amide bonds. The van der Waals surface area contributed by atoms with Crippen molar-refractivity contribution in [1.29, 1.82) is 0 Å². The normalized spacial score (nSPS) is 11.5. The second kappa shape index (κ2) is 7.50. The van der Waals surface area contributed by atoms with Crippen molar-refractivity contribution in [2.75, 3.05) is 12.4 Å². The van der Waals surface area contributed by atoms with Gasteiger partial charge in [0.25, 0.3) is 5.91 Å². The summed E-state index contributed by atoms with van der Waals surface area (Å²) >= 11 is 0. The van der Waals surface area contributed by atoms with Gasteiger partial charge in [-0.1, -0.05) is 12.1 Å². The van der Waals surface area contributed by atoms with E-state index in [9.17, 15) is 14.7 Å². The summed E-state index contributed by atoms with van der Waals surface area (Å²) in [5.74, 6) is -0.705. The number of aromatic hydroxyl groups is 1. The van der Waals surface area contributed by atoms with Gasteiger partial charge in [0.15, 0.2) is 6.10 Å². The van der Waals surface area contributed by atoms with Gasteiger partial charge in [-0.2, -0.15) is 0 Å². The minimum absolute atomic E-state index is 0.0500. The Kier molecular flexibility index (Phi) is 5.42. The quantitative estimate of drug-likeness (QED) is 0.824. The molecular formula is C18H19NO5. The molecule has 0 aliphatic rings. The molecule has 1 atom stereocenters. The Labute approximate surface area is 140 Å². The number of rotatable bonds is 5. The van der Waals surface area contributed by atoms with Crippen LogP contribution in [0.25, 0.3) is 0 Å². The Balaban J connectivity index is 2.05. The summed E-state index contributed by atoms with van der Waals surface area (Å²) in [7, 11) is 1.51. The first-order valence-electron chi connectivity index (χ1n) is 7.36. The lowest BCUT2D eigenvalue weighted by Gasteiger charge is -2.15. The summed E-state index contributed by atoms with van der Waals surface area (Å²) in [6.07, 6.45) is -1.01. The summed E-state index contributed by atoms with van der Waals surface area (Å²) in [6.45, 7) is 3.36. The molecule has 0 radical (unpaired) electrons. The van der Waals surface area contributed by atoms with E-state index in [2.05, 4.69) is 5.32 Å². The molecule has 0 aliphatic heterocycles. The van der Waals surface area contributed by atoms with Crippen molar-refractivity contribution in [3.8, 4) is 11.5 Å². The van der Waals surface area contributed by atoms with Crippen LogP contribution in [0.4, 0.5) is 5.69 Å². The maximum Gasteiger partial charge on any atom is 0.339 e. The summed E-state index contributed by atoms with van der Waals surface area (Å²) in [5, 5.41) is 12.1. The average molecular weight is 329 g/mol. The van der Waals surface area contributed by atoms with Gasteiger partial charge in [-0.05, 0) is 49.7 Å². The van der Waals surface area contributed by atoms with E-state index >= 15 is 0 Å². The summed E-state index contributed by atoms with van der Waals surface area (Å²) < 4.78 is 10.3. The lowest BCUT2D eigenvalue weighted by Crippen LogP contribution is -2.30. The molecule has 0 aromatic heterocycles. The molecule has 6 heteroatoms. The largest absolute Gasteiger partial charge is 0.508 e. The molecule has 6 nitrogen and oxygen atoms in total. The van der Waals surface area contributed by atoms with Crippen molar-refractivity contribution in [1.82, 2.24) is 0 Å². The lowest BCUT2D eigenvalue weighted by atomic mass is 10.2. The van der Waals surface area contributed by atoms with Crippen LogP contribution in [0.2, 0.25) is 0 Å². The molecule has 2 aromatic carbocycles. The maximum absolute atomic E-state index is 12.2. The molecular weight excluding hydrogens is 310 g/mol. The van der Waals surface area contributed by atoms with Gasteiger partial charge in [-0.3, -0.25) is 4.79 Å². The zero-order valence-corrected chi connectivity index (χ0v) is 13.7. The van der Waals surface area contributed by atoms with Crippen molar-refractivity contribution in [2.24, 2.45) is 0 Å². The number of anilines is 1. The van der Waals surface area contributed by atoms with Gasteiger partial charge in [0.05, 0.1) is 18.4 Å². The third-order valence-electron chi connectivity index (χ3n) is 3.35. The monoisotopic (exact) mass is 329 g/mol. The summed E-state index contributed by atoms with van der Waals surface area (Å²) in [5.41, 5.74) is 1.63. The molecule has 2 rings (SSSR count). The minimum Gasteiger partial charge on any atom is -0.508 e. The Morgan fingerprint density at radius 1 is 1.17 bits per heavy atom. The van der Waals surface area contributed by atoms with Crippen molar-refractivity contribution >= 4 is 17.6 Å². The highest BCUT2D eigenvalue weighted by Gasteiger charge is 2.20. The number of phenols is 1. The molecule has 1 unspecified atom stereocenters. The van der Waals surface area contributed by atoms with Gasteiger partial charge in [0, 0.05) is 0 Å². The van der Waals surface area contributed by atoms with Crippen molar-refractivity contribution in [2.45, 2.75) is 20.0 Å². The Morgan fingerprint density at radius 3 is 2.58 bits per heavy atom. The Hall–Kier alpha value is -3.02. The fraction of sp³-hybridized carbons (Fsp3) is 0.222. The Bertz CT molecular complexity index is 757. The number of aryl methyl sites for hydroxylation is 1. The molecule has 0 bridgehead atoms. The van der Waals surface area contributed by atoms with Crippen LogP contribution in [0.1, 0.15) is 22.8 Å². The number of ether oxygens (including phenoxy) is 2. The number of esters is 1. The van der Waals surface area contributed by atoms with Gasteiger partial charge in [0.2, 0.25) is 0 Å². The lowest BCUT2D eigenvalue weighted by molar-refractivity contribution is -0.123. The van der Waals surface area contributed by atoms with Crippen LogP contribution in [0, 0.1) is 6.92 Å². The van der Waals surface area contributed by atoms with Crippen LogP contribution in [-0.4, -0.2) is 30.2 Å². The molecule has 24 heavy (non-hydrogen) atoms. The van der Waals surface area contributed by atoms with E-state index < -0.39 is 18.0 Å². The average Bonchev–Trinajstić information content (AvgIpc) is 2.55. The molecule has 0 fully saturated rings. The molecule has 2 aromatic rings. The van der Waals surface area contributed by atoms with Crippen LogP contribution in [0.5, 0.6) is 11.5 Å². The number of phenolic OH excluding ortho intramolecular Hbond substituents is 1. The molecule has 2 N–H and O–H groups in total. The van der Waals surface area contributed by atoms with Gasteiger partial charge in [0.1, 0.15) is 11.5 Å². The van der Waals surface area contributed by atoms with Crippen molar-refractivity contribution in [3.05, 3.63) is 53.6 Å². The predicted molar refractivity (Wildman–Crippen MR) is 89.3 cm³/mol. The first kappa shape index (κ1) is 17.3. The minimum atomic E-state index is -1.01. The smallest absolute Gasteiger partial charge is 0.339 e. The van der Waals surface area contributed by atoms with E-state index in [0.29, 0.717) is 11.4 Å².